The maximum atomic E-state index is 14.3. The molecule has 28 heteroatoms. The number of rotatable bonds is 56. The van der Waals surface area contributed by atoms with E-state index in [1.807, 2.05) is 0 Å². The van der Waals surface area contributed by atoms with E-state index in [1.165, 1.54) is 65.3 Å². The Balaban J connectivity index is 6.25. The van der Waals surface area contributed by atoms with Crippen LogP contribution in [0, 0.1) is 23.7 Å². The molecular weight excluding hydrogens is 1150 g/mol. The zero-order valence-corrected chi connectivity index (χ0v) is 53.3. The molecule has 0 bridgehead atoms. The van der Waals surface area contributed by atoms with Crippen LogP contribution in [0.25, 0.3) is 0 Å². The van der Waals surface area contributed by atoms with Crippen LogP contribution in [0.2, 0.25) is 0 Å². The Bertz CT molecular complexity index is 2280. The molecule has 28 nitrogen and oxygen atoms in total. The number of hydrogen-bond donors (Lipinski definition) is 14. The SMILES string of the molecule is CCCCCCCCCCCCCCCC(=O)C[C@@H](CCCCN)C(=O)N[C@@H](CCCN=C(N)N)C(=O)C[C@@H](CCC(=O)O)C(=O)N[C@H](C(=O)C[C@@H](CC(N)=O)C(=O)N[C@@H](C)C(=O)CCC(=O)N[C@@H](CCCN=C(N)N)C(=O)C[C@@H](CO)C(=O)NC)[C@@H](C)O. The summed E-state index contributed by atoms with van der Waals surface area (Å²) in [7, 11) is 1.33. The Morgan fingerprint density at radius 1 is 0.461 bits per heavy atom. The number of unbranched alkanes of at least 4 members (excludes halogenated alkanes) is 13. The maximum Gasteiger partial charge on any atom is 0.303 e. The predicted octanol–water partition coefficient (Wildman–Crippen LogP) is 1.17. The van der Waals surface area contributed by atoms with Gasteiger partial charge in [-0.3, -0.25) is 67.5 Å². The summed E-state index contributed by atoms with van der Waals surface area (Å²) in [5, 5.41) is 42.6. The van der Waals surface area contributed by atoms with E-state index in [2.05, 4.69) is 43.5 Å². The Labute approximate surface area is 525 Å². The fourth-order valence-electron chi connectivity index (χ4n) is 10.1. The standard InChI is InChI=1S/C61H109N13O15/c1-5-6-7-8-9-10-11-12-13-14-15-16-17-23-45(77)33-41(22-18-19-30-62)57(87)73-47(25-21-32-70-61(66)67)49(79)34-42(26-29-54(84)85)58(88)74-55(40(3)76)51(81)35-43(37-52(63)82)59(89)71-39(2)48(78)27-28-53(83)72-46(24-20-31-69-60(64)65)50(80)36-44(38-75)56(86)68-4/h39-44,46-47,55,75-76H,5-38,62H2,1-4H3,(H2,63,82)(H,68,86)(H,71,89)(H,72,83)(H,73,87)(H,74,88)(H,84,85)(H4,64,65,69)(H4,66,67,70)/t39-,40+,41+,42+,43-,44-,46-,47-,55-/m0/s1. The normalized spacial score (nSPS) is 14.1. The van der Waals surface area contributed by atoms with Gasteiger partial charge in [0, 0.05) is 89.8 Å². The molecule has 0 aromatic heterocycles. The number of nitrogens with zero attached hydrogens (tertiary/aromatic N) is 2. The molecular formula is C61H109N13O15. The number of primary amides is 1. The minimum absolute atomic E-state index is 0.0313. The van der Waals surface area contributed by atoms with Crippen molar-refractivity contribution in [3.8, 4) is 0 Å². The number of nitrogens with two attached hydrogens (primary N) is 6. The van der Waals surface area contributed by atoms with Gasteiger partial charge in [0.25, 0.3) is 0 Å². The second-order valence-electron chi connectivity index (χ2n) is 23.2. The first-order valence-corrected chi connectivity index (χ1v) is 31.9. The average molecular weight is 1260 g/mol. The molecule has 0 aliphatic carbocycles. The van der Waals surface area contributed by atoms with E-state index in [1.54, 1.807) is 0 Å². The number of amides is 6. The van der Waals surface area contributed by atoms with Gasteiger partial charge in [-0.1, -0.05) is 90.4 Å². The fraction of sp³-hybridized carbons (Fsp3) is 0.770. The van der Waals surface area contributed by atoms with Crippen LogP contribution >= 0.6 is 0 Å². The predicted molar refractivity (Wildman–Crippen MR) is 337 cm³/mol. The van der Waals surface area contributed by atoms with E-state index >= 15 is 0 Å². The molecule has 0 saturated heterocycles. The number of carboxylic acid groups (broad SMARTS) is 1. The lowest BCUT2D eigenvalue weighted by Crippen LogP contribution is -2.52. The van der Waals surface area contributed by atoms with Crippen molar-refractivity contribution in [1.29, 1.82) is 0 Å². The number of carbonyl (C=O) groups excluding carboxylic acids is 11. The smallest absolute Gasteiger partial charge is 0.303 e. The summed E-state index contributed by atoms with van der Waals surface area (Å²) in [4.78, 5) is 167. The van der Waals surface area contributed by atoms with Gasteiger partial charge >= 0.3 is 5.97 Å². The number of aliphatic hydroxyl groups excluding tert-OH is 2. The molecule has 0 aliphatic heterocycles. The highest BCUT2D eigenvalue weighted by molar-refractivity contribution is 5.99. The van der Waals surface area contributed by atoms with Gasteiger partial charge in [0.1, 0.15) is 11.8 Å². The van der Waals surface area contributed by atoms with Gasteiger partial charge in [-0.05, 0) is 71.8 Å². The average Bonchev–Trinajstić information content (AvgIpc) is 2.48. The van der Waals surface area contributed by atoms with E-state index < -0.39 is 176 Å². The van der Waals surface area contributed by atoms with Gasteiger partial charge in [0.2, 0.25) is 35.4 Å². The highest BCUT2D eigenvalue weighted by atomic mass is 16.4. The number of ketones is 5. The Morgan fingerprint density at radius 3 is 1.43 bits per heavy atom. The number of aliphatic carboxylic acids is 1. The van der Waals surface area contributed by atoms with Gasteiger partial charge in [0.15, 0.2) is 35.1 Å². The van der Waals surface area contributed by atoms with Crippen molar-refractivity contribution in [1.82, 2.24) is 26.6 Å². The second-order valence-corrected chi connectivity index (χ2v) is 23.2. The molecule has 0 rings (SSSR count). The number of carboxylic acids is 1. The van der Waals surface area contributed by atoms with Crippen molar-refractivity contribution >= 4 is 82.2 Å². The van der Waals surface area contributed by atoms with Gasteiger partial charge in [0.05, 0.1) is 42.7 Å². The molecule has 0 spiro atoms. The minimum atomic E-state index is -1.80. The zero-order valence-electron chi connectivity index (χ0n) is 53.3. The highest BCUT2D eigenvalue weighted by Gasteiger charge is 2.36. The summed E-state index contributed by atoms with van der Waals surface area (Å²) in [6.45, 7) is 4.47. The van der Waals surface area contributed by atoms with Crippen molar-refractivity contribution in [2.24, 2.45) is 68.1 Å². The number of aliphatic hydroxyl groups is 2. The van der Waals surface area contributed by atoms with Crippen LogP contribution in [-0.2, 0) is 57.5 Å². The first-order valence-electron chi connectivity index (χ1n) is 31.9. The second kappa shape index (κ2) is 48.9. The number of aliphatic imine (C=N–C) groups is 2. The van der Waals surface area contributed by atoms with E-state index in [0.29, 0.717) is 32.2 Å². The quantitative estimate of drug-likeness (QED) is 0.0231. The van der Waals surface area contributed by atoms with E-state index in [4.69, 9.17) is 34.4 Å². The van der Waals surface area contributed by atoms with Gasteiger partial charge < -0.3 is 76.3 Å². The Kier molecular flexibility index (Phi) is 45.1. The van der Waals surface area contributed by atoms with Crippen LogP contribution in [0.15, 0.2) is 9.98 Å². The molecule has 20 N–H and O–H groups in total. The summed E-state index contributed by atoms with van der Waals surface area (Å²) in [5.41, 5.74) is 33.0. The van der Waals surface area contributed by atoms with Crippen LogP contribution in [0.3, 0.4) is 0 Å². The van der Waals surface area contributed by atoms with E-state index in [-0.39, 0.29) is 69.3 Å². The third-order valence-electron chi connectivity index (χ3n) is 15.4. The molecule has 0 aliphatic rings. The van der Waals surface area contributed by atoms with Crippen molar-refractivity contribution < 1.29 is 72.9 Å². The first-order chi connectivity index (χ1) is 42.2. The van der Waals surface area contributed by atoms with Crippen LogP contribution in [0.5, 0.6) is 0 Å². The Morgan fingerprint density at radius 2 is 0.944 bits per heavy atom. The summed E-state index contributed by atoms with van der Waals surface area (Å²) in [6, 6.07) is -5.54. The third-order valence-corrected chi connectivity index (χ3v) is 15.4. The van der Waals surface area contributed by atoms with Crippen molar-refractivity contribution in [2.75, 3.05) is 33.3 Å². The molecule has 0 fully saturated rings. The molecule has 6 amide bonds. The van der Waals surface area contributed by atoms with Gasteiger partial charge in [-0.15, -0.1) is 0 Å². The molecule has 508 valence electrons. The molecule has 0 radical (unpaired) electrons. The number of Topliss-reactive ketones (excluding diaryl/α,β-unsaturated/α-hetero) is 5. The highest BCUT2D eigenvalue weighted by Crippen LogP contribution is 2.22. The molecule has 0 unspecified atom stereocenters. The molecule has 0 aromatic carbocycles. The molecule has 9 atom stereocenters. The van der Waals surface area contributed by atoms with Crippen LogP contribution < -0.4 is 61.0 Å². The molecule has 0 saturated carbocycles. The summed E-state index contributed by atoms with van der Waals surface area (Å²) in [6.07, 6.45) is 10.6. The number of carbonyl (C=O) groups is 12. The molecule has 89 heavy (non-hydrogen) atoms. The molecule has 0 aromatic rings. The largest absolute Gasteiger partial charge is 0.481 e. The minimum Gasteiger partial charge on any atom is -0.481 e. The monoisotopic (exact) mass is 1260 g/mol. The topological polar surface area (TPSA) is 507 Å². The summed E-state index contributed by atoms with van der Waals surface area (Å²) < 4.78 is 0. The third kappa shape index (κ3) is 39.6. The lowest BCUT2D eigenvalue weighted by molar-refractivity contribution is -0.140. The van der Waals surface area contributed by atoms with Gasteiger partial charge in [-0.25, -0.2) is 0 Å². The fourth-order valence-corrected chi connectivity index (χ4v) is 10.1. The molecule has 0 heterocycles. The number of hydrogen-bond acceptors (Lipinski definition) is 17. The van der Waals surface area contributed by atoms with Gasteiger partial charge in [-0.2, -0.15) is 0 Å². The lowest BCUT2D eigenvalue weighted by Gasteiger charge is -2.26. The van der Waals surface area contributed by atoms with Crippen molar-refractivity contribution in [3.63, 3.8) is 0 Å². The van der Waals surface area contributed by atoms with Crippen molar-refractivity contribution in [3.05, 3.63) is 0 Å². The Hall–Kier alpha value is -6.94. The first kappa shape index (κ1) is 82.1. The van der Waals surface area contributed by atoms with E-state index in [9.17, 15) is 72.9 Å². The number of nitrogens with one attached hydrogen (secondary N) is 5. The van der Waals surface area contributed by atoms with Crippen LogP contribution in [-0.4, -0.2) is 161 Å². The van der Waals surface area contributed by atoms with Crippen molar-refractivity contribution in [2.45, 2.75) is 244 Å². The van der Waals surface area contributed by atoms with E-state index in [0.717, 1.165) is 32.6 Å². The summed E-state index contributed by atoms with van der Waals surface area (Å²) in [5.74, 6) is -14.8. The zero-order chi connectivity index (χ0) is 67.3. The summed E-state index contributed by atoms with van der Waals surface area (Å²) >= 11 is 0. The van der Waals surface area contributed by atoms with Crippen LogP contribution in [0.4, 0.5) is 0 Å². The van der Waals surface area contributed by atoms with Crippen LogP contribution in [0.1, 0.15) is 213 Å². The lowest BCUT2D eigenvalue weighted by atomic mass is 9.89. The number of guanidine groups is 2. The maximum absolute atomic E-state index is 14.3.